The minimum absolute atomic E-state index is 0.146. The van der Waals surface area contributed by atoms with E-state index in [1.165, 1.54) is 11.5 Å². The Morgan fingerprint density at radius 3 is 2.38 bits per heavy atom. The fourth-order valence-electron chi connectivity index (χ4n) is 3.53. The zero-order chi connectivity index (χ0) is 24.2. The predicted octanol–water partition coefficient (Wildman–Crippen LogP) is 2.27. The number of rotatable bonds is 16. The van der Waals surface area contributed by atoms with Gasteiger partial charge in [-0.1, -0.05) is 5.11 Å². The Morgan fingerprint density at radius 2 is 1.74 bits per heavy atom. The number of fused-ring (bicyclic) bond motifs is 1. The molecule has 192 valence electrons. The van der Waals surface area contributed by atoms with Crippen LogP contribution in [0.15, 0.2) is 5.11 Å². The van der Waals surface area contributed by atoms with E-state index < -0.39 is 5.79 Å². The summed E-state index contributed by atoms with van der Waals surface area (Å²) in [4.78, 5) is 6.78. The predicted molar refractivity (Wildman–Crippen MR) is 123 cm³/mol. The van der Waals surface area contributed by atoms with Crippen molar-refractivity contribution >= 4 is 28.3 Å². The van der Waals surface area contributed by atoms with Gasteiger partial charge in [-0.15, -0.1) is 0 Å². The van der Waals surface area contributed by atoms with E-state index in [1.807, 2.05) is 13.8 Å². The summed E-state index contributed by atoms with van der Waals surface area (Å²) < 4.78 is 44.1. The first-order valence-electron chi connectivity index (χ1n) is 11.0. The van der Waals surface area contributed by atoms with E-state index in [2.05, 4.69) is 24.7 Å². The fourth-order valence-corrected chi connectivity index (χ4v) is 4.30. The number of hydrogen-bond acceptors (Lipinski definition) is 12. The molecule has 0 amide bonds. The Morgan fingerprint density at radius 1 is 1.09 bits per heavy atom. The monoisotopic (exact) mass is 522 g/mol. The standard InChI is InChI=1S/C19H31ClN6O7S/c1-19(2)32-15-13(23-18-24-17(20)25-34-18)11-31-14(16(15)33-19)12-30-10-9-29-8-7-28-6-5-27-4-3-22-26-21/h13-16H,3-12H2,1-2H3,(H,23,24,25)/t13-,14-,15-,16+/m1/s1. The highest BCUT2D eigenvalue weighted by atomic mass is 35.5. The third-order valence-corrected chi connectivity index (χ3v) is 5.84. The minimum atomic E-state index is -0.724. The molecule has 3 heterocycles. The van der Waals surface area contributed by atoms with E-state index in [1.54, 1.807) is 0 Å². The van der Waals surface area contributed by atoms with Crippen molar-refractivity contribution in [1.82, 2.24) is 9.36 Å². The van der Waals surface area contributed by atoms with Gasteiger partial charge in [0, 0.05) is 23.0 Å². The smallest absolute Gasteiger partial charge is 0.236 e. The molecule has 2 aliphatic rings. The number of hydrogen-bond donors (Lipinski definition) is 1. The number of ether oxygens (including phenoxy) is 7. The molecule has 0 aliphatic carbocycles. The van der Waals surface area contributed by atoms with Crippen LogP contribution in [0.3, 0.4) is 0 Å². The summed E-state index contributed by atoms with van der Waals surface area (Å²) >= 11 is 7.00. The lowest BCUT2D eigenvalue weighted by Crippen LogP contribution is -2.55. The molecular weight excluding hydrogens is 492 g/mol. The van der Waals surface area contributed by atoms with Crippen LogP contribution in [0.2, 0.25) is 5.28 Å². The topological polar surface area (TPSA) is 151 Å². The molecule has 0 bridgehead atoms. The highest BCUT2D eigenvalue weighted by Crippen LogP contribution is 2.36. The number of nitrogens with one attached hydrogen (secondary N) is 1. The van der Waals surface area contributed by atoms with Gasteiger partial charge in [-0.3, -0.25) is 0 Å². The third kappa shape index (κ3) is 9.04. The zero-order valence-corrected chi connectivity index (χ0v) is 20.8. The lowest BCUT2D eigenvalue weighted by Gasteiger charge is -2.37. The maximum absolute atomic E-state index is 8.15. The Labute approximate surface area is 207 Å². The van der Waals surface area contributed by atoms with E-state index in [0.717, 1.165) is 0 Å². The zero-order valence-electron chi connectivity index (χ0n) is 19.3. The van der Waals surface area contributed by atoms with Crippen LogP contribution in [0.1, 0.15) is 13.8 Å². The second kappa shape index (κ2) is 14.3. The van der Waals surface area contributed by atoms with Crippen LogP contribution in [0.5, 0.6) is 0 Å². The van der Waals surface area contributed by atoms with Crippen LogP contribution >= 0.6 is 23.1 Å². The van der Waals surface area contributed by atoms with Crippen LogP contribution < -0.4 is 5.32 Å². The molecule has 34 heavy (non-hydrogen) atoms. The van der Waals surface area contributed by atoms with Crippen molar-refractivity contribution in [3.8, 4) is 0 Å². The lowest BCUT2D eigenvalue weighted by atomic mass is 9.98. The second-order valence-corrected chi connectivity index (χ2v) is 9.01. The normalized spacial score (nSPS) is 25.6. The van der Waals surface area contributed by atoms with E-state index in [0.29, 0.717) is 71.1 Å². The van der Waals surface area contributed by atoms with Gasteiger partial charge in [0.1, 0.15) is 18.3 Å². The lowest BCUT2D eigenvalue weighted by molar-refractivity contribution is -0.160. The Balaban J connectivity index is 1.26. The SMILES string of the molecule is CC1(C)O[C@@H]2[C@H](O1)[C@H](Nc1nc(Cl)ns1)CO[C@@H]2COCCOCCOCCOCCN=[N+]=[N-]. The van der Waals surface area contributed by atoms with Crippen molar-refractivity contribution in [2.24, 2.45) is 5.11 Å². The number of halogens is 1. The first kappa shape index (κ1) is 27.3. The summed E-state index contributed by atoms with van der Waals surface area (Å²) in [5, 5.41) is 7.48. The van der Waals surface area contributed by atoms with Gasteiger partial charge >= 0.3 is 0 Å². The van der Waals surface area contributed by atoms with Crippen molar-refractivity contribution < 1.29 is 33.2 Å². The van der Waals surface area contributed by atoms with Crippen LogP contribution in [-0.2, 0) is 33.2 Å². The quantitative estimate of drug-likeness (QED) is 0.148. The fraction of sp³-hybridized carbons (Fsp3) is 0.895. The van der Waals surface area contributed by atoms with E-state index >= 15 is 0 Å². The molecule has 0 radical (unpaired) electrons. The third-order valence-electron chi connectivity index (χ3n) is 4.92. The van der Waals surface area contributed by atoms with Crippen LogP contribution in [0.25, 0.3) is 10.4 Å². The maximum Gasteiger partial charge on any atom is 0.236 e. The highest BCUT2D eigenvalue weighted by Gasteiger charge is 2.52. The van der Waals surface area contributed by atoms with Crippen molar-refractivity contribution in [1.29, 1.82) is 0 Å². The Hall–Kier alpha value is -1.32. The molecule has 15 heteroatoms. The van der Waals surface area contributed by atoms with Crippen molar-refractivity contribution in [3.05, 3.63) is 15.7 Å². The summed E-state index contributed by atoms with van der Waals surface area (Å²) in [6, 6.07) is -0.146. The van der Waals surface area contributed by atoms with Crippen LogP contribution in [0.4, 0.5) is 5.13 Å². The number of nitrogens with zero attached hydrogens (tertiary/aromatic N) is 5. The number of azide groups is 1. The average Bonchev–Trinajstić information content (AvgIpc) is 3.36. The first-order valence-corrected chi connectivity index (χ1v) is 12.2. The minimum Gasteiger partial charge on any atom is -0.379 e. The molecule has 4 atom stereocenters. The molecule has 0 unspecified atom stereocenters. The van der Waals surface area contributed by atoms with Crippen molar-refractivity contribution in [2.45, 2.75) is 44.0 Å². The number of aromatic nitrogens is 2. The maximum atomic E-state index is 8.15. The van der Waals surface area contributed by atoms with Gasteiger partial charge in [-0.25, -0.2) is 0 Å². The van der Waals surface area contributed by atoms with E-state index in [9.17, 15) is 0 Å². The summed E-state index contributed by atoms with van der Waals surface area (Å²) in [5.74, 6) is -0.724. The van der Waals surface area contributed by atoms with Gasteiger partial charge in [-0.05, 0) is 31.0 Å². The molecule has 2 fully saturated rings. The largest absolute Gasteiger partial charge is 0.379 e. The molecule has 0 aromatic carbocycles. The van der Waals surface area contributed by atoms with Gasteiger partial charge in [0.25, 0.3) is 0 Å². The number of anilines is 1. The van der Waals surface area contributed by atoms with Gasteiger partial charge < -0.3 is 38.5 Å². The molecule has 2 aliphatic heterocycles. The molecule has 1 aromatic rings. The van der Waals surface area contributed by atoms with Gasteiger partial charge in [0.2, 0.25) is 10.4 Å². The molecule has 1 aromatic heterocycles. The first-order chi connectivity index (χ1) is 16.5. The molecule has 2 saturated heterocycles. The van der Waals surface area contributed by atoms with Gasteiger partial charge in [0.15, 0.2) is 5.79 Å². The van der Waals surface area contributed by atoms with E-state index in [4.69, 9.17) is 50.3 Å². The highest BCUT2D eigenvalue weighted by molar-refractivity contribution is 7.09. The molecule has 13 nitrogen and oxygen atoms in total. The van der Waals surface area contributed by atoms with Gasteiger partial charge in [0.05, 0.1) is 65.5 Å². The summed E-state index contributed by atoms with van der Waals surface area (Å²) in [7, 11) is 0. The second-order valence-electron chi connectivity index (χ2n) is 7.92. The van der Waals surface area contributed by atoms with Crippen molar-refractivity contribution in [3.63, 3.8) is 0 Å². The summed E-state index contributed by atoms with van der Waals surface area (Å²) in [6.45, 7) is 7.94. The molecule has 1 N–H and O–H groups in total. The summed E-state index contributed by atoms with van der Waals surface area (Å²) in [5.41, 5.74) is 8.15. The molecule has 3 rings (SSSR count). The summed E-state index contributed by atoms with van der Waals surface area (Å²) in [6.07, 6.45) is -0.769. The molecular formula is C19H31ClN6O7S. The molecule has 0 saturated carbocycles. The van der Waals surface area contributed by atoms with Crippen molar-refractivity contribution in [2.75, 3.05) is 71.3 Å². The van der Waals surface area contributed by atoms with Gasteiger partial charge in [-0.2, -0.15) is 9.36 Å². The van der Waals surface area contributed by atoms with Crippen LogP contribution in [0, 0.1) is 0 Å². The van der Waals surface area contributed by atoms with Crippen LogP contribution in [-0.4, -0.2) is 106 Å². The average molecular weight is 523 g/mol. The molecule has 0 spiro atoms. The Bertz CT molecular complexity index is 784. The van der Waals surface area contributed by atoms with E-state index in [-0.39, 0.29) is 29.6 Å². The Kier molecular flexibility index (Phi) is 11.5.